The number of nitrogens with zero attached hydrogens (tertiary/aromatic N) is 3. The number of para-hydroxylation sites is 1. The summed E-state index contributed by atoms with van der Waals surface area (Å²) >= 11 is 0. The molecule has 0 spiro atoms. The van der Waals surface area contributed by atoms with Gasteiger partial charge in [-0.3, -0.25) is 4.79 Å². The van der Waals surface area contributed by atoms with Gasteiger partial charge in [-0.2, -0.15) is 5.26 Å². The molecule has 0 saturated carbocycles. The van der Waals surface area contributed by atoms with Crippen molar-refractivity contribution in [3.63, 3.8) is 0 Å². The molecule has 0 radical (unpaired) electrons. The molecule has 0 bridgehead atoms. The molecule has 1 aliphatic rings. The number of halogens is 3. The molecule has 1 saturated heterocycles. The Morgan fingerprint density at radius 2 is 1.75 bits per heavy atom. The van der Waals surface area contributed by atoms with Crippen LogP contribution in [0.4, 0.5) is 18.9 Å². The number of aromatic nitrogens is 1. The molecule has 3 aromatic rings. The Kier molecular flexibility index (Phi) is 5.70. The van der Waals surface area contributed by atoms with Gasteiger partial charge in [-0.25, -0.2) is 0 Å². The van der Waals surface area contributed by atoms with Crippen LogP contribution >= 0.6 is 0 Å². The van der Waals surface area contributed by atoms with Crippen LogP contribution in [-0.2, 0) is 7.05 Å². The summed E-state index contributed by atoms with van der Waals surface area (Å²) in [6.45, 7) is 1.07. The van der Waals surface area contributed by atoms with E-state index in [4.69, 9.17) is 4.74 Å². The first kappa shape index (κ1) is 21.6. The number of aryl methyl sites for hydroxylation is 1. The van der Waals surface area contributed by atoms with Gasteiger partial charge in [0, 0.05) is 44.4 Å². The molecule has 1 aromatic heterocycles. The highest BCUT2D eigenvalue weighted by atomic mass is 19.4. The maximum Gasteiger partial charge on any atom is 0.573 e. The van der Waals surface area contributed by atoms with Gasteiger partial charge in [0.25, 0.3) is 5.56 Å². The number of ether oxygens (including phenoxy) is 2. The van der Waals surface area contributed by atoms with Crippen molar-refractivity contribution in [3.05, 3.63) is 64.4 Å². The summed E-state index contributed by atoms with van der Waals surface area (Å²) in [5, 5.41) is 10.5. The SMILES string of the molecule is Cn1c(=O)c(C#N)c(N2CCC(Oc3cccc(OC(F)(F)F)c3)CC2)c2ccccc21. The predicted octanol–water partition coefficient (Wildman–Crippen LogP) is 4.36. The summed E-state index contributed by atoms with van der Waals surface area (Å²) in [6, 6.07) is 14.9. The summed E-state index contributed by atoms with van der Waals surface area (Å²) < 4.78 is 48.6. The topological polar surface area (TPSA) is 67.5 Å². The van der Waals surface area contributed by atoms with Crippen molar-refractivity contribution in [2.45, 2.75) is 25.3 Å². The van der Waals surface area contributed by atoms with Gasteiger partial charge in [0.15, 0.2) is 0 Å². The Bertz CT molecular complexity index is 1240. The molecule has 0 amide bonds. The van der Waals surface area contributed by atoms with Gasteiger partial charge in [0.05, 0.1) is 11.2 Å². The average Bonchev–Trinajstić information content (AvgIpc) is 2.76. The Hall–Kier alpha value is -3.67. The Morgan fingerprint density at radius 3 is 2.44 bits per heavy atom. The van der Waals surface area contributed by atoms with Crippen molar-refractivity contribution in [2.75, 3.05) is 18.0 Å². The molecule has 1 aliphatic heterocycles. The second-order valence-electron chi connectivity index (χ2n) is 7.54. The molecule has 166 valence electrons. The fraction of sp³-hybridized carbons (Fsp3) is 0.304. The largest absolute Gasteiger partial charge is 0.573 e. The van der Waals surface area contributed by atoms with Crippen LogP contribution in [0.2, 0.25) is 0 Å². The van der Waals surface area contributed by atoms with Gasteiger partial charge in [-0.1, -0.05) is 24.3 Å². The standard InChI is InChI=1S/C23H20F3N3O3/c1-28-20-8-3-2-7-18(20)21(19(14-27)22(28)30)29-11-9-15(10-12-29)31-16-5-4-6-17(13-16)32-23(24,25)26/h2-8,13,15H,9-12H2,1H3. The Labute approximate surface area is 182 Å². The molecule has 6 nitrogen and oxygen atoms in total. The molecule has 0 N–H and O–H groups in total. The summed E-state index contributed by atoms with van der Waals surface area (Å²) in [6.07, 6.45) is -3.81. The van der Waals surface area contributed by atoms with E-state index in [1.807, 2.05) is 29.2 Å². The molecule has 32 heavy (non-hydrogen) atoms. The van der Waals surface area contributed by atoms with E-state index in [9.17, 15) is 23.2 Å². The van der Waals surface area contributed by atoms with Crippen LogP contribution in [0.5, 0.6) is 11.5 Å². The smallest absolute Gasteiger partial charge is 0.490 e. The molecule has 2 aromatic carbocycles. The number of anilines is 1. The zero-order valence-corrected chi connectivity index (χ0v) is 17.2. The van der Waals surface area contributed by atoms with Crippen LogP contribution in [0.3, 0.4) is 0 Å². The van der Waals surface area contributed by atoms with Crippen LogP contribution in [-0.4, -0.2) is 30.1 Å². The molecule has 0 atom stereocenters. The number of alkyl halides is 3. The van der Waals surface area contributed by atoms with Crippen LogP contribution < -0.4 is 19.9 Å². The zero-order chi connectivity index (χ0) is 22.9. The average molecular weight is 443 g/mol. The summed E-state index contributed by atoms with van der Waals surface area (Å²) in [5.41, 5.74) is 1.11. The predicted molar refractivity (Wildman–Crippen MR) is 113 cm³/mol. The minimum Gasteiger partial charge on any atom is -0.490 e. The third-order valence-electron chi connectivity index (χ3n) is 5.49. The van der Waals surface area contributed by atoms with Gasteiger partial charge in [0.1, 0.15) is 29.2 Å². The lowest BCUT2D eigenvalue weighted by Gasteiger charge is -2.35. The van der Waals surface area contributed by atoms with Gasteiger partial charge in [0.2, 0.25) is 0 Å². The van der Waals surface area contributed by atoms with E-state index >= 15 is 0 Å². The van der Waals surface area contributed by atoms with Gasteiger partial charge >= 0.3 is 6.36 Å². The highest BCUT2D eigenvalue weighted by Gasteiger charge is 2.31. The molecule has 2 heterocycles. The molecular formula is C23H20F3N3O3. The maximum absolute atomic E-state index is 12.7. The molecule has 1 fully saturated rings. The second-order valence-corrected chi connectivity index (χ2v) is 7.54. The summed E-state index contributed by atoms with van der Waals surface area (Å²) in [7, 11) is 1.64. The van der Waals surface area contributed by atoms with Crippen LogP contribution in [0.25, 0.3) is 10.9 Å². The Balaban J connectivity index is 1.53. The van der Waals surface area contributed by atoms with Gasteiger partial charge < -0.3 is 18.9 Å². The first-order chi connectivity index (χ1) is 15.3. The van der Waals surface area contributed by atoms with E-state index in [2.05, 4.69) is 10.8 Å². The molecule has 4 rings (SSSR count). The Morgan fingerprint density at radius 1 is 1.06 bits per heavy atom. The first-order valence-electron chi connectivity index (χ1n) is 10.1. The number of hydrogen-bond acceptors (Lipinski definition) is 5. The van der Waals surface area contributed by atoms with Crippen LogP contribution in [0.1, 0.15) is 18.4 Å². The lowest BCUT2D eigenvalue weighted by Crippen LogP contribution is -2.40. The van der Waals surface area contributed by atoms with Gasteiger partial charge in [-0.05, 0) is 18.2 Å². The number of hydrogen-bond donors (Lipinski definition) is 0. The second kappa shape index (κ2) is 8.46. The lowest BCUT2D eigenvalue weighted by atomic mass is 10.0. The molecule has 0 aliphatic carbocycles. The highest BCUT2D eigenvalue weighted by molar-refractivity contribution is 5.94. The van der Waals surface area contributed by atoms with Crippen molar-refractivity contribution >= 4 is 16.6 Å². The van der Waals surface area contributed by atoms with Crippen molar-refractivity contribution in [3.8, 4) is 17.6 Å². The zero-order valence-electron chi connectivity index (χ0n) is 17.2. The van der Waals surface area contributed by atoms with Crippen LogP contribution in [0.15, 0.2) is 53.3 Å². The number of fused-ring (bicyclic) bond motifs is 1. The maximum atomic E-state index is 12.7. The number of benzene rings is 2. The fourth-order valence-corrected chi connectivity index (χ4v) is 4.04. The monoisotopic (exact) mass is 443 g/mol. The number of piperidine rings is 1. The minimum absolute atomic E-state index is 0.0996. The van der Waals surface area contributed by atoms with Crippen molar-refractivity contribution in [2.24, 2.45) is 7.05 Å². The summed E-state index contributed by atoms with van der Waals surface area (Å²) in [4.78, 5) is 14.7. The molecule has 9 heteroatoms. The normalized spacial score (nSPS) is 14.9. The van der Waals surface area contributed by atoms with Crippen molar-refractivity contribution in [1.29, 1.82) is 5.26 Å². The highest BCUT2D eigenvalue weighted by Crippen LogP contribution is 2.32. The number of pyridine rings is 1. The number of nitriles is 1. The van der Waals surface area contributed by atoms with E-state index < -0.39 is 6.36 Å². The number of rotatable bonds is 4. The van der Waals surface area contributed by atoms with Crippen LogP contribution in [0, 0.1) is 11.3 Å². The molecule has 0 unspecified atom stereocenters. The van der Waals surface area contributed by atoms with E-state index in [0.29, 0.717) is 37.4 Å². The third kappa shape index (κ3) is 4.35. The lowest BCUT2D eigenvalue weighted by molar-refractivity contribution is -0.274. The van der Waals surface area contributed by atoms with Crippen molar-refractivity contribution < 1.29 is 22.6 Å². The fourth-order valence-electron chi connectivity index (χ4n) is 4.04. The van der Waals surface area contributed by atoms with E-state index in [0.717, 1.165) is 10.9 Å². The first-order valence-corrected chi connectivity index (χ1v) is 10.1. The van der Waals surface area contributed by atoms with E-state index in [1.54, 1.807) is 13.1 Å². The third-order valence-corrected chi connectivity index (χ3v) is 5.49. The van der Waals surface area contributed by atoms with Crippen molar-refractivity contribution in [1.82, 2.24) is 4.57 Å². The molecular weight excluding hydrogens is 423 g/mol. The van der Waals surface area contributed by atoms with E-state index in [1.165, 1.54) is 22.8 Å². The minimum atomic E-state index is -4.77. The van der Waals surface area contributed by atoms with Gasteiger partial charge in [-0.15, -0.1) is 13.2 Å². The van der Waals surface area contributed by atoms with E-state index in [-0.39, 0.29) is 23.0 Å². The summed E-state index contributed by atoms with van der Waals surface area (Å²) in [5.74, 6) is -0.0420. The quantitative estimate of drug-likeness (QED) is 0.600.